The fraction of sp³-hybridized carbons (Fsp3) is 0.160. The van der Waals surface area contributed by atoms with Crippen LogP contribution in [0, 0.1) is 5.82 Å². The first-order valence-corrected chi connectivity index (χ1v) is 13.5. The third-order valence-electron chi connectivity index (χ3n) is 5.77. The molecule has 182 valence electrons. The lowest BCUT2D eigenvalue weighted by Crippen LogP contribution is -2.24. The van der Waals surface area contributed by atoms with Gasteiger partial charge in [0.2, 0.25) is 15.0 Å². The van der Waals surface area contributed by atoms with Crippen LogP contribution in [0.1, 0.15) is 30.7 Å². The highest BCUT2D eigenvalue weighted by molar-refractivity contribution is 7.90. The van der Waals surface area contributed by atoms with Crippen LogP contribution in [0.25, 0.3) is 5.69 Å². The Bertz CT molecular complexity index is 1500. The van der Waals surface area contributed by atoms with Crippen molar-refractivity contribution in [2.75, 3.05) is 0 Å². The highest BCUT2D eigenvalue weighted by Crippen LogP contribution is 2.38. The maximum Gasteiger partial charge on any atom is 0.232 e. The lowest BCUT2D eigenvalue weighted by Gasteiger charge is -2.28. The summed E-state index contributed by atoms with van der Waals surface area (Å²) in [5.41, 5.74) is 1.27. The monoisotopic (exact) mass is 570 g/mol. The Kier molecular flexibility index (Phi) is 7.24. The number of imidazole rings is 1. The SMILES string of the molecule is CC(C)(c1ccc(Cl)c(Cl)c1)c1cnc(S(=O)(=O)Cc2c(Cl)cccc2Cl)n1-c1ccc(F)cc1. The Morgan fingerprint density at radius 1 is 0.886 bits per heavy atom. The van der Waals surface area contributed by atoms with Crippen molar-refractivity contribution in [2.45, 2.75) is 30.2 Å². The van der Waals surface area contributed by atoms with Gasteiger partial charge in [-0.05, 0) is 54.1 Å². The Hall–Kier alpha value is -2.09. The van der Waals surface area contributed by atoms with Crippen LogP contribution in [-0.4, -0.2) is 18.0 Å². The van der Waals surface area contributed by atoms with E-state index < -0.39 is 26.8 Å². The number of rotatable bonds is 6. The normalized spacial score (nSPS) is 12.2. The largest absolute Gasteiger partial charge is 0.287 e. The first kappa shape index (κ1) is 26.0. The summed E-state index contributed by atoms with van der Waals surface area (Å²) in [4.78, 5) is 4.31. The van der Waals surface area contributed by atoms with Crippen LogP contribution in [0.15, 0.2) is 72.0 Å². The smallest absolute Gasteiger partial charge is 0.232 e. The fourth-order valence-electron chi connectivity index (χ4n) is 3.79. The van der Waals surface area contributed by atoms with Gasteiger partial charge < -0.3 is 0 Å². The summed E-state index contributed by atoms with van der Waals surface area (Å²) >= 11 is 24.8. The van der Waals surface area contributed by atoms with Crippen molar-refractivity contribution < 1.29 is 12.8 Å². The van der Waals surface area contributed by atoms with Gasteiger partial charge >= 0.3 is 0 Å². The minimum atomic E-state index is -4.04. The van der Waals surface area contributed by atoms with Crippen LogP contribution in [0.4, 0.5) is 4.39 Å². The average Bonchev–Trinajstić information content (AvgIpc) is 3.26. The van der Waals surface area contributed by atoms with Crippen LogP contribution in [0.3, 0.4) is 0 Å². The third kappa shape index (κ3) is 5.09. The van der Waals surface area contributed by atoms with E-state index in [1.807, 2.05) is 19.9 Å². The second-order valence-corrected chi connectivity index (χ2v) is 12.0. The molecule has 0 saturated heterocycles. The third-order valence-corrected chi connectivity index (χ3v) is 8.73. The van der Waals surface area contributed by atoms with Gasteiger partial charge in [-0.2, -0.15) is 0 Å². The molecule has 0 unspecified atom stereocenters. The zero-order chi connectivity index (χ0) is 25.5. The number of hydrogen-bond acceptors (Lipinski definition) is 3. The minimum absolute atomic E-state index is 0.219. The van der Waals surface area contributed by atoms with Crippen molar-refractivity contribution in [1.82, 2.24) is 9.55 Å². The molecule has 0 N–H and O–H groups in total. The molecule has 0 bridgehead atoms. The molecule has 4 aromatic rings. The molecule has 0 atom stereocenters. The zero-order valence-electron chi connectivity index (χ0n) is 18.6. The van der Waals surface area contributed by atoms with Crippen LogP contribution < -0.4 is 0 Å². The van der Waals surface area contributed by atoms with Crippen molar-refractivity contribution in [1.29, 1.82) is 0 Å². The fourth-order valence-corrected chi connectivity index (χ4v) is 6.30. The molecule has 0 fully saturated rings. The summed E-state index contributed by atoms with van der Waals surface area (Å²) < 4.78 is 42.5. The number of halogens is 5. The number of nitrogens with zero attached hydrogens (tertiary/aromatic N) is 2. The van der Waals surface area contributed by atoms with E-state index in [2.05, 4.69) is 4.98 Å². The summed E-state index contributed by atoms with van der Waals surface area (Å²) in [6, 6.07) is 15.5. The molecule has 3 aromatic carbocycles. The molecule has 0 amide bonds. The van der Waals surface area contributed by atoms with E-state index in [4.69, 9.17) is 46.4 Å². The summed E-state index contributed by atoms with van der Waals surface area (Å²) in [5, 5.41) is 1.02. The second-order valence-electron chi connectivity index (χ2n) is 8.45. The molecule has 0 saturated carbocycles. The Labute approximate surface area is 223 Å². The van der Waals surface area contributed by atoms with Crippen LogP contribution >= 0.6 is 46.4 Å². The van der Waals surface area contributed by atoms with E-state index in [0.29, 0.717) is 21.4 Å². The molecule has 4 nitrogen and oxygen atoms in total. The van der Waals surface area contributed by atoms with Crippen LogP contribution in [0.5, 0.6) is 0 Å². The molecule has 4 rings (SSSR count). The predicted molar refractivity (Wildman–Crippen MR) is 139 cm³/mol. The summed E-state index contributed by atoms with van der Waals surface area (Å²) in [6.07, 6.45) is 1.49. The molecule has 1 aromatic heterocycles. The molecule has 0 radical (unpaired) electrons. The number of hydrogen-bond donors (Lipinski definition) is 0. The van der Waals surface area contributed by atoms with Gasteiger partial charge in [-0.25, -0.2) is 17.8 Å². The van der Waals surface area contributed by atoms with Crippen molar-refractivity contribution >= 4 is 56.2 Å². The molecular weight excluding hydrogens is 553 g/mol. The Morgan fingerprint density at radius 3 is 2.11 bits per heavy atom. The number of aromatic nitrogens is 2. The quantitative estimate of drug-likeness (QED) is 0.236. The van der Waals surface area contributed by atoms with E-state index in [1.165, 1.54) is 35.0 Å². The van der Waals surface area contributed by atoms with Gasteiger partial charge in [-0.15, -0.1) is 0 Å². The second kappa shape index (κ2) is 9.75. The van der Waals surface area contributed by atoms with Gasteiger partial charge in [0.15, 0.2) is 0 Å². The van der Waals surface area contributed by atoms with Gasteiger partial charge in [0.1, 0.15) is 5.82 Å². The molecule has 0 aliphatic carbocycles. The zero-order valence-corrected chi connectivity index (χ0v) is 22.4. The average molecular weight is 572 g/mol. The van der Waals surface area contributed by atoms with E-state index in [0.717, 1.165) is 5.56 Å². The maximum absolute atomic E-state index is 13.7. The van der Waals surface area contributed by atoms with Crippen molar-refractivity contribution in [3.8, 4) is 5.69 Å². The number of benzene rings is 3. The molecule has 0 aliphatic heterocycles. The molecule has 0 aliphatic rings. The molecular formula is C25H19Cl4FN2O2S. The summed E-state index contributed by atoms with van der Waals surface area (Å²) in [7, 11) is -4.04. The topological polar surface area (TPSA) is 52.0 Å². The Morgan fingerprint density at radius 2 is 1.51 bits per heavy atom. The molecule has 10 heteroatoms. The standard InChI is InChI=1S/C25H19Cl4FN2O2S/c1-25(2,15-6-11-21(28)22(29)12-15)23-13-31-24(32(23)17-9-7-16(30)8-10-17)35(33,34)14-18-19(26)4-3-5-20(18)27/h3-13H,14H2,1-2H3. The van der Waals surface area contributed by atoms with Crippen molar-refractivity contribution in [2.24, 2.45) is 0 Å². The van der Waals surface area contributed by atoms with E-state index in [9.17, 15) is 12.8 Å². The molecule has 0 spiro atoms. The highest BCUT2D eigenvalue weighted by atomic mass is 35.5. The molecule has 35 heavy (non-hydrogen) atoms. The number of sulfone groups is 1. The van der Waals surface area contributed by atoms with Gasteiger partial charge in [-0.1, -0.05) is 72.4 Å². The lowest BCUT2D eigenvalue weighted by atomic mass is 9.81. The lowest BCUT2D eigenvalue weighted by molar-refractivity contribution is 0.567. The first-order valence-electron chi connectivity index (χ1n) is 10.4. The predicted octanol–water partition coefficient (Wildman–Crippen LogP) is 7.92. The summed E-state index contributed by atoms with van der Waals surface area (Å²) in [6.45, 7) is 3.82. The van der Waals surface area contributed by atoms with Crippen LogP contribution in [-0.2, 0) is 21.0 Å². The molecule has 1 heterocycles. The van der Waals surface area contributed by atoms with Crippen molar-refractivity contribution in [3.05, 3.63) is 110 Å². The van der Waals surface area contributed by atoms with E-state index >= 15 is 0 Å². The van der Waals surface area contributed by atoms with Crippen LogP contribution in [0.2, 0.25) is 20.1 Å². The van der Waals surface area contributed by atoms with E-state index in [1.54, 1.807) is 30.3 Å². The minimum Gasteiger partial charge on any atom is -0.287 e. The Balaban J connectivity index is 1.92. The van der Waals surface area contributed by atoms with Gasteiger partial charge in [0.05, 0.1) is 27.7 Å². The van der Waals surface area contributed by atoms with Crippen molar-refractivity contribution in [3.63, 3.8) is 0 Å². The highest BCUT2D eigenvalue weighted by Gasteiger charge is 2.34. The maximum atomic E-state index is 13.7. The summed E-state index contributed by atoms with van der Waals surface area (Å²) in [5.74, 6) is -0.914. The van der Waals surface area contributed by atoms with Gasteiger partial charge in [-0.3, -0.25) is 4.57 Å². The van der Waals surface area contributed by atoms with Gasteiger partial charge in [0, 0.05) is 26.7 Å². The van der Waals surface area contributed by atoms with Gasteiger partial charge in [0.25, 0.3) is 0 Å². The first-order chi connectivity index (χ1) is 16.4. The van der Waals surface area contributed by atoms with E-state index in [-0.39, 0.29) is 20.8 Å².